The first-order valence-corrected chi connectivity index (χ1v) is 10.9. The Balaban J connectivity index is 1.20. The number of nitrogens with zero attached hydrogens (tertiary/aromatic N) is 1. The molecule has 164 valence electrons. The lowest BCUT2D eigenvalue weighted by Crippen LogP contribution is -2.41. The zero-order valence-corrected chi connectivity index (χ0v) is 17.9. The molecule has 1 saturated heterocycles. The fourth-order valence-electron chi connectivity index (χ4n) is 4.00. The van der Waals surface area contributed by atoms with Gasteiger partial charge in [0.15, 0.2) is 11.5 Å². The van der Waals surface area contributed by atoms with Gasteiger partial charge in [-0.3, -0.25) is 4.79 Å². The molecule has 0 bridgehead atoms. The van der Waals surface area contributed by atoms with E-state index in [1.807, 2.05) is 43.3 Å². The smallest absolute Gasteiger partial charge is 0.321 e. The molecule has 2 N–H and O–H groups in total. The Hall–Kier alpha value is -3.22. The van der Waals surface area contributed by atoms with E-state index in [0.29, 0.717) is 62.4 Å². The Morgan fingerprint density at radius 1 is 1.03 bits per heavy atom. The van der Waals surface area contributed by atoms with E-state index in [1.54, 1.807) is 11.0 Å². The molecule has 0 spiro atoms. The maximum absolute atomic E-state index is 12.6. The van der Waals surface area contributed by atoms with Gasteiger partial charge >= 0.3 is 6.03 Å². The Morgan fingerprint density at radius 3 is 2.55 bits per heavy atom. The second-order valence-electron chi connectivity index (χ2n) is 8.13. The standard InChI is InChI=1S/C24H29N3O4/c1-17-4-2-3-5-19(17)16-25-23(28)14-18-8-10-27(11-9-18)24(29)26-20-6-7-21-22(15-20)31-13-12-30-21/h2-7,15,18H,8-14,16H2,1H3,(H,25,28)(H,26,29). The number of amides is 3. The van der Waals surface area contributed by atoms with E-state index < -0.39 is 0 Å². The van der Waals surface area contributed by atoms with Crippen molar-refractivity contribution in [3.05, 3.63) is 53.6 Å². The number of piperidine rings is 1. The van der Waals surface area contributed by atoms with E-state index in [-0.39, 0.29) is 11.9 Å². The first-order valence-electron chi connectivity index (χ1n) is 10.9. The lowest BCUT2D eigenvalue weighted by Gasteiger charge is -2.32. The third-order valence-electron chi connectivity index (χ3n) is 5.91. The molecule has 0 aliphatic carbocycles. The summed E-state index contributed by atoms with van der Waals surface area (Å²) in [6, 6.07) is 13.4. The highest BCUT2D eigenvalue weighted by Gasteiger charge is 2.25. The predicted molar refractivity (Wildman–Crippen MR) is 118 cm³/mol. The van der Waals surface area contributed by atoms with Crippen molar-refractivity contribution >= 4 is 17.6 Å². The monoisotopic (exact) mass is 423 g/mol. The maximum atomic E-state index is 12.6. The minimum atomic E-state index is -0.126. The Morgan fingerprint density at radius 2 is 1.77 bits per heavy atom. The molecule has 2 aliphatic heterocycles. The van der Waals surface area contributed by atoms with Crippen LogP contribution in [0.5, 0.6) is 11.5 Å². The molecule has 2 aliphatic rings. The third kappa shape index (κ3) is 5.48. The quantitative estimate of drug-likeness (QED) is 0.768. The average molecular weight is 424 g/mol. The summed E-state index contributed by atoms with van der Waals surface area (Å²) >= 11 is 0. The highest BCUT2D eigenvalue weighted by atomic mass is 16.6. The maximum Gasteiger partial charge on any atom is 0.321 e. The van der Waals surface area contributed by atoms with Gasteiger partial charge in [-0.15, -0.1) is 0 Å². The summed E-state index contributed by atoms with van der Waals surface area (Å²) in [5, 5.41) is 5.96. The molecule has 3 amide bonds. The number of likely N-dealkylation sites (tertiary alicyclic amines) is 1. The molecular formula is C24H29N3O4. The number of hydrogen-bond acceptors (Lipinski definition) is 4. The molecule has 31 heavy (non-hydrogen) atoms. The minimum absolute atomic E-state index is 0.0717. The van der Waals surface area contributed by atoms with Crippen LogP contribution in [0, 0.1) is 12.8 Å². The summed E-state index contributed by atoms with van der Waals surface area (Å²) in [5.74, 6) is 1.72. The van der Waals surface area contributed by atoms with Gasteiger partial charge in [-0.25, -0.2) is 4.79 Å². The van der Waals surface area contributed by atoms with Gasteiger partial charge < -0.3 is 25.0 Å². The number of hydrogen-bond donors (Lipinski definition) is 2. The second kappa shape index (κ2) is 9.73. The van der Waals surface area contributed by atoms with Crippen molar-refractivity contribution in [3.8, 4) is 11.5 Å². The second-order valence-corrected chi connectivity index (χ2v) is 8.13. The molecule has 1 fully saturated rings. The molecule has 4 rings (SSSR count). The molecular weight excluding hydrogens is 394 g/mol. The lowest BCUT2D eigenvalue weighted by molar-refractivity contribution is -0.122. The van der Waals surface area contributed by atoms with Crippen molar-refractivity contribution in [3.63, 3.8) is 0 Å². The molecule has 0 aromatic heterocycles. The van der Waals surface area contributed by atoms with Gasteiger partial charge in [0.1, 0.15) is 13.2 Å². The molecule has 0 saturated carbocycles. The van der Waals surface area contributed by atoms with Crippen molar-refractivity contribution in [2.24, 2.45) is 5.92 Å². The molecule has 2 heterocycles. The first-order chi connectivity index (χ1) is 15.1. The van der Waals surface area contributed by atoms with Crippen molar-refractivity contribution in [2.45, 2.75) is 32.7 Å². The number of anilines is 1. The number of carbonyl (C=O) groups excluding carboxylic acids is 2. The van der Waals surface area contributed by atoms with Crippen LogP contribution in [0.1, 0.15) is 30.4 Å². The number of aryl methyl sites for hydroxylation is 1. The van der Waals surface area contributed by atoms with Crippen LogP contribution in [-0.2, 0) is 11.3 Å². The van der Waals surface area contributed by atoms with Crippen LogP contribution in [-0.4, -0.2) is 43.1 Å². The highest BCUT2D eigenvalue weighted by molar-refractivity contribution is 5.89. The van der Waals surface area contributed by atoms with Gasteiger partial charge in [0.2, 0.25) is 5.91 Å². The Labute approximate surface area is 182 Å². The van der Waals surface area contributed by atoms with Crippen LogP contribution >= 0.6 is 0 Å². The topological polar surface area (TPSA) is 79.9 Å². The fraction of sp³-hybridized carbons (Fsp3) is 0.417. The Bertz CT molecular complexity index is 938. The van der Waals surface area contributed by atoms with Crippen LogP contribution < -0.4 is 20.1 Å². The summed E-state index contributed by atoms with van der Waals surface area (Å²) in [5.41, 5.74) is 3.01. The van der Waals surface area contributed by atoms with Gasteiger partial charge in [0, 0.05) is 37.8 Å². The number of benzene rings is 2. The third-order valence-corrected chi connectivity index (χ3v) is 5.91. The van der Waals surface area contributed by atoms with Gasteiger partial charge in [0.05, 0.1) is 0 Å². The summed E-state index contributed by atoms with van der Waals surface area (Å²) in [6.45, 7) is 4.95. The molecule has 0 unspecified atom stereocenters. The van der Waals surface area contributed by atoms with Gasteiger partial charge in [-0.2, -0.15) is 0 Å². The van der Waals surface area contributed by atoms with E-state index in [1.165, 1.54) is 5.56 Å². The van der Waals surface area contributed by atoms with Crippen molar-refractivity contribution in [1.82, 2.24) is 10.2 Å². The van der Waals surface area contributed by atoms with Crippen LogP contribution in [0.2, 0.25) is 0 Å². The summed E-state index contributed by atoms with van der Waals surface area (Å²) in [6.07, 6.45) is 2.15. The number of fused-ring (bicyclic) bond motifs is 1. The van der Waals surface area contributed by atoms with Gasteiger partial charge in [-0.1, -0.05) is 24.3 Å². The molecule has 0 atom stereocenters. The number of urea groups is 1. The van der Waals surface area contributed by atoms with E-state index in [9.17, 15) is 9.59 Å². The zero-order chi connectivity index (χ0) is 21.6. The van der Waals surface area contributed by atoms with Crippen LogP contribution in [0.4, 0.5) is 10.5 Å². The van der Waals surface area contributed by atoms with Crippen LogP contribution in [0.25, 0.3) is 0 Å². The SMILES string of the molecule is Cc1ccccc1CNC(=O)CC1CCN(C(=O)Nc2ccc3c(c2)OCCO3)CC1. The van der Waals surface area contributed by atoms with E-state index in [2.05, 4.69) is 10.6 Å². The lowest BCUT2D eigenvalue weighted by atomic mass is 9.93. The largest absolute Gasteiger partial charge is 0.486 e. The molecule has 2 aromatic carbocycles. The number of rotatable bonds is 5. The molecule has 2 aromatic rings. The van der Waals surface area contributed by atoms with E-state index in [4.69, 9.17) is 9.47 Å². The Kier molecular flexibility index (Phi) is 6.60. The zero-order valence-electron chi connectivity index (χ0n) is 17.9. The van der Waals surface area contributed by atoms with Gasteiger partial charge in [-0.05, 0) is 48.9 Å². The molecule has 0 radical (unpaired) electrons. The van der Waals surface area contributed by atoms with Crippen molar-refractivity contribution < 1.29 is 19.1 Å². The highest BCUT2D eigenvalue weighted by Crippen LogP contribution is 2.32. The minimum Gasteiger partial charge on any atom is -0.486 e. The van der Waals surface area contributed by atoms with E-state index in [0.717, 1.165) is 18.4 Å². The first kappa shape index (κ1) is 21.0. The van der Waals surface area contributed by atoms with Crippen molar-refractivity contribution in [2.75, 3.05) is 31.6 Å². The van der Waals surface area contributed by atoms with Crippen LogP contribution in [0.3, 0.4) is 0 Å². The predicted octanol–water partition coefficient (Wildman–Crippen LogP) is 3.72. The average Bonchev–Trinajstić information content (AvgIpc) is 2.79. The van der Waals surface area contributed by atoms with Crippen LogP contribution in [0.15, 0.2) is 42.5 Å². The summed E-state index contributed by atoms with van der Waals surface area (Å²) in [7, 11) is 0. The fourth-order valence-corrected chi connectivity index (χ4v) is 4.00. The molecule has 7 nitrogen and oxygen atoms in total. The summed E-state index contributed by atoms with van der Waals surface area (Å²) < 4.78 is 11.1. The number of nitrogens with one attached hydrogen (secondary N) is 2. The van der Waals surface area contributed by atoms with Gasteiger partial charge in [0.25, 0.3) is 0 Å². The summed E-state index contributed by atoms with van der Waals surface area (Å²) in [4.78, 5) is 26.8. The number of carbonyl (C=O) groups is 2. The normalized spacial score (nSPS) is 16.0. The molecule has 7 heteroatoms. The number of ether oxygens (including phenoxy) is 2. The van der Waals surface area contributed by atoms with E-state index >= 15 is 0 Å². The van der Waals surface area contributed by atoms with Crippen molar-refractivity contribution in [1.29, 1.82) is 0 Å².